The Labute approximate surface area is 124 Å². The van der Waals surface area contributed by atoms with Gasteiger partial charge in [0.1, 0.15) is 0 Å². The van der Waals surface area contributed by atoms with Gasteiger partial charge in [0.15, 0.2) is 0 Å². The van der Waals surface area contributed by atoms with Crippen LogP contribution in [0.1, 0.15) is 29.9 Å². The molecular weight excluding hydrogens is 268 g/mol. The predicted octanol–water partition coefficient (Wildman–Crippen LogP) is 1.03. The van der Waals surface area contributed by atoms with Crippen molar-refractivity contribution in [2.75, 3.05) is 31.5 Å². The summed E-state index contributed by atoms with van der Waals surface area (Å²) in [7, 11) is 0. The molecule has 0 aromatic carbocycles. The first-order valence-corrected chi connectivity index (χ1v) is 7.09. The average Bonchev–Trinajstić information content (AvgIpc) is 2.39. The summed E-state index contributed by atoms with van der Waals surface area (Å²) >= 11 is 0. The van der Waals surface area contributed by atoms with Gasteiger partial charge in [0.25, 0.3) is 5.91 Å². The van der Waals surface area contributed by atoms with Crippen LogP contribution in [0.4, 0.5) is 5.69 Å². The number of aromatic nitrogens is 1. The predicted molar refractivity (Wildman–Crippen MR) is 81.2 cm³/mol. The maximum absolute atomic E-state index is 12.0. The third-order valence-corrected chi connectivity index (χ3v) is 3.58. The van der Waals surface area contributed by atoms with Gasteiger partial charge in [-0.15, -0.1) is 0 Å². The van der Waals surface area contributed by atoms with E-state index in [-0.39, 0.29) is 5.91 Å². The highest BCUT2D eigenvalue weighted by Gasteiger charge is 2.33. The number of carbonyl (C=O) groups excluding carboxylic acids is 2. The van der Waals surface area contributed by atoms with Crippen LogP contribution in [0.2, 0.25) is 0 Å². The van der Waals surface area contributed by atoms with E-state index in [1.807, 2.05) is 0 Å². The van der Waals surface area contributed by atoms with Crippen LogP contribution in [0, 0.1) is 12.3 Å². The van der Waals surface area contributed by atoms with Crippen molar-refractivity contribution in [1.29, 1.82) is 0 Å². The fourth-order valence-corrected chi connectivity index (χ4v) is 2.62. The summed E-state index contributed by atoms with van der Waals surface area (Å²) in [6, 6.07) is 1.64. The number of hydrogen-bond acceptors (Lipinski definition) is 4. The molecule has 1 saturated heterocycles. The molecule has 1 aromatic heterocycles. The Hall–Kier alpha value is -1.95. The number of aryl methyl sites for hydroxylation is 1. The molecule has 2 N–H and O–H groups in total. The minimum absolute atomic E-state index is 0.170. The van der Waals surface area contributed by atoms with Crippen LogP contribution in [-0.4, -0.2) is 48.4 Å². The van der Waals surface area contributed by atoms with Crippen LogP contribution in [0.5, 0.6) is 0 Å². The molecule has 0 atom stereocenters. The smallest absolute Gasteiger partial charge is 0.252 e. The number of likely N-dealkylation sites (tertiary alicyclic amines) is 1. The molecule has 2 amide bonds. The van der Waals surface area contributed by atoms with Gasteiger partial charge < -0.3 is 15.5 Å². The maximum Gasteiger partial charge on any atom is 0.252 e. The lowest BCUT2D eigenvalue weighted by molar-refractivity contribution is -0.105. The van der Waals surface area contributed by atoms with E-state index in [9.17, 15) is 9.59 Å². The SMILES string of the molecule is Cc1ncc(C(=O)NCCN2CC(C)(C)C2)cc1NC=O. The number of nitrogens with one attached hydrogen (secondary N) is 2. The molecule has 114 valence electrons. The fraction of sp³-hybridized carbons (Fsp3) is 0.533. The maximum atomic E-state index is 12.0. The van der Waals surface area contributed by atoms with E-state index < -0.39 is 0 Å². The Morgan fingerprint density at radius 3 is 2.81 bits per heavy atom. The van der Waals surface area contributed by atoms with Crippen LogP contribution in [0.3, 0.4) is 0 Å². The minimum atomic E-state index is -0.170. The van der Waals surface area contributed by atoms with Gasteiger partial charge in [-0.2, -0.15) is 0 Å². The topological polar surface area (TPSA) is 74.3 Å². The number of rotatable bonds is 6. The van der Waals surface area contributed by atoms with Crippen LogP contribution in [-0.2, 0) is 4.79 Å². The van der Waals surface area contributed by atoms with Crippen LogP contribution in [0.15, 0.2) is 12.3 Å². The van der Waals surface area contributed by atoms with Gasteiger partial charge in [0.2, 0.25) is 6.41 Å². The molecule has 0 spiro atoms. The molecular formula is C15H22N4O2. The molecule has 6 heteroatoms. The Balaban J connectivity index is 1.83. The van der Waals surface area contributed by atoms with Gasteiger partial charge in [-0.1, -0.05) is 13.8 Å². The lowest BCUT2D eigenvalue weighted by Gasteiger charge is -2.45. The van der Waals surface area contributed by atoms with Gasteiger partial charge in [-0.3, -0.25) is 14.6 Å². The van der Waals surface area contributed by atoms with Gasteiger partial charge in [-0.05, 0) is 18.4 Å². The standard InChI is InChI=1S/C15H22N4O2/c1-11-13(18-10-20)6-12(7-17-11)14(21)16-4-5-19-8-15(2,3)9-19/h6-7,10H,4-5,8-9H2,1-3H3,(H,16,21)(H,18,20). The Morgan fingerprint density at radius 1 is 1.48 bits per heavy atom. The van der Waals surface area contributed by atoms with E-state index >= 15 is 0 Å². The number of nitrogens with zero attached hydrogens (tertiary/aromatic N) is 2. The largest absolute Gasteiger partial charge is 0.351 e. The van der Waals surface area contributed by atoms with E-state index in [0.29, 0.717) is 35.3 Å². The number of anilines is 1. The van der Waals surface area contributed by atoms with Crippen LogP contribution in [0.25, 0.3) is 0 Å². The number of amides is 2. The second-order valence-corrected chi connectivity index (χ2v) is 6.25. The third-order valence-electron chi connectivity index (χ3n) is 3.58. The van der Waals surface area contributed by atoms with Gasteiger partial charge in [-0.25, -0.2) is 0 Å². The van der Waals surface area contributed by atoms with E-state index in [0.717, 1.165) is 19.6 Å². The van der Waals surface area contributed by atoms with E-state index in [4.69, 9.17) is 0 Å². The van der Waals surface area contributed by atoms with Crippen molar-refractivity contribution in [3.05, 3.63) is 23.5 Å². The van der Waals surface area contributed by atoms with Crippen molar-refractivity contribution in [1.82, 2.24) is 15.2 Å². The average molecular weight is 290 g/mol. The van der Waals surface area contributed by atoms with Gasteiger partial charge in [0.05, 0.1) is 16.9 Å². The summed E-state index contributed by atoms with van der Waals surface area (Å²) in [5, 5.41) is 5.42. The molecule has 6 nitrogen and oxygen atoms in total. The first kappa shape index (κ1) is 15.4. The van der Waals surface area contributed by atoms with E-state index in [2.05, 4.69) is 34.4 Å². The highest BCUT2D eigenvalue weighted by molar-refractivity contribution is 5.95. The number of carbonyl (C=O) groups is 2. The third kappa shape index (κ3) is 4.01. The molecule has 2 rings (SSSR count). The molecule has 1 aliphatic rings. The molecule has 0 aliphatic carbocycles. The summed E-state index contributed by atoms with van der Waals surface area (Å²) in [4.78, 5) is 29.0. The zero-order valence-electron chi connectivity index (χ0n) is 12.8. The van der Waals surface area contributed by atoms with Crippen molar-refractivity contribution >= 4 is 18.0 Å². The van der Waals surface area contributed by atoms with Gasteiger partial charge >= 0.3 is 0 Å². The molecule has 21 heavy (non-hydrogen) atoms. The minimum Gasteiger partial charge on any atom is -0.351 e. The lowest BCUT2D eigenvalue weighted by Crippen LogP contribution is -2.54. The molecule has 0 saturated carbocycles. The van der Waals surface area contributed by atoms with Crippen LogP contribution >= 0.6 is 0 Å². The molecule has 1 aliphatic heterocycles. The molecule has 0 unspecified atom stereocenters. The summed E-state index contributed by atoms with van der Waals surface area (Å²) in [5.41, 5.74) is 2.10. The fourth-order valence-electron chi connectivity index (χ4n) is 2.62. The lowest BCUT2D eigenvalue weighted by atomic mass is 9.84. The highest BCUT2D eigenvalue weighted by Crippen LogP contribution is 2.27. The highest BCUT2D eigenvalue weighted by atomic mass is 16.1. The van der Waals surface area contributed by atoms with Crippen molar-refractivity contribution in [2.24, 2.45) is 5.41 Å². The first-order chi connectivity index (χ1) is 9.91. The normalized spacial score (nSPS) is 16.9. The zero-order chi connectivity index (χ0) is 15.5. The van der Waals surface area contributed by atoms with Gasteiger partial charge in [0, 0.05) is 32.4 Å². The molecule has 1 aromatic rings. The molecule has 2 heterocycles. The van der Waals surface area contributed by atoms with Crippen molar-refractivity contribution in [3.63, 3.8) is 0 Å². The molecule has 0 bridgehead atoms. The molecule has 0 radical (unpaired) electrons. The molecule has 1 fully saturated rings. The Morgan fingerprint density at radius 2 is 2.19 bits per heavy atom. The summed E-state index contributed by atoms with van der Waals surface area (Å²) in [5.74, 6) is -0.170. The zero-order valence-corrected chi connectivity index (χ0v) is 12.8. The quantitative estimate of drug-likeness (QED) is 0.767. The monoisotopic (exact) mass is 290 g/mol. The second kappa shape index (κ2) is 6.22. The van der Waals surface area contributed by atoms with Crippen molar-refractivity contribution in [3.8, 4) is 0 Å². The number of hydrogen-bond donors (Lipinski definition) is 2. The summed E-state index contributed by atoms with van der Waals surface area (Å²) in [6.45, 7) is 9.86. The van der Waals surface area contributed by atoms with E-state index in [1.54, 1.807) is 13.0 Å². The first-order valence-electron chi connectivity index (χ1n) is 7.09. The van der Waals surface area contributed by atoms with Crippen molar-refractivity contribution in [2.45, 2.75) is 20.8 Å². The van der Waals surface area contributed by atoms with Crippen molar-refractivity contribution < 1.29 is 9.59 Å². The number of pyridine rings is 1. The Kier molecular flexibility index (Phi) is 4.57. The van der Waals surface area contributed by atoms with E-state index in [1.165, 1.54) is 6.20 Å². The summed E-state index contributed by atoms with van der Waals surface area (Å²) in [6.07, 6.45) is 2.10. The second-order valence-electron chi connectivity index (χ2n) is 6.25. The summed E-state index contributed by atoms with van der Waals surface area (Å²) < 4.78 is 0. The Bertz CT molecular complexity index is 534. The van der Waals surface area contributed by atoms with Crippen LogP contribution < -0.4 is 10.6 Å².